The van der Waals surface area contributed by atoms with Crippen LogP contribution in [0.25, 0.3) is 0 Å². The van der Waals surface area contributed by atoms with Crippen molar-refractivity contribution >= 4 is 23.4 Å². The largest absolute Gasteiger partial charge is 0.491 e. The molecule has 4 nitrogen and oxygen atoms in total. The lowest BCUT2D eigenvalue weighted by Gasteiger charge is -2.22. The van der Waals surface area contributed by atoms with Gasteiger partial charge in [0.2, 0.25) is 5.91 Å². The minimum absolute atomic E-state index is 0.0654. The molecule has 21 heavy (non-hydrogen) atoms. The quantitative estimate of drug-likeness (QED) is 0.878. The number of rotatable bonds is 5. The number of carbonyl (C=O) groups excluding carboxylic acids is 1. The first kappa shape index (κ1) is 16.2. The highest BCUT2D eigenvalue weighted by atomic mass is 32.2. The molecule has 1 aliphatic rings. The van der Waals surface area contributed by atoms with Gasteiger partial charge in [0.05, 0.1) is 6.10 Å². The summed E-state index contributed by atoms with van der Waals surface area (Å²) < 4.78 is 5.65. The highest BCUT2D eigenvalue weighted by molar-refractivity contribution is 7.99. The van der Waals surface area contributed by atoms with Gasteiger partial charge in [0.25, 0.3) is 0 Å². The summed E-state index contributed by atoms with van der Waals surface area (Å²) in [6.07, 6.45) is 0.677. The molecule has 0 spiro atoms. The van der Waals surface area contributed by atoms with E-state index >= 15 is 0 Å². The normalized spacial score (nSPS) is 18.6. The summed E-state index contributed by atoms with van der Waals surface area (Å²) in [5.41, 5.74) is 1.88. The molecular formula is C16H24N2O2S. The highest BCUT2D eigenvalue weighted by Crippen LogP contribution is 2.22. The van der Waals surface area contributed by atoms with Gasteiger partial charge in [-0.2, -0.15) is 11.8 Å². The fraction of sp³-hybridized carbons (Fsp3) is 0.562. The lowest BCUT2D eigenvalue weighted by atomic mass is 10.1. The molecule has 0 radical (unpaired) electrons. The fourth-order valence-electron chi connectivity index (χ4n) is 2.30. The van der Waals surface area contributed by atoms with Crippen LogP contribution >= 0.6 is 11.8 Å². The molecule has 5 heteroatoms. The van der Waals surface area contributed by atoms with E-state index in [-0.39, 0.29) is 18.1 Å². The zero-order valence-corrected chi connectivity index (χ0v) is 13.8. The summed E-state index contributed by atoms with van der Waals surface area (Å²) in [6, 6.07) is 6.06. The van der Waals surface area contributed by atoms with Gasteiger partial charge >= 0.3 is 0 Å². The van der Waals surface area contributed by atoms with E-state index in [1.54, 1.807) is 0 Å². The van der Waals surface area contributed by atoms with Crippen LogP contribution < -0.4 is 15.4 Å². The van der Waals surface area contributed by atoms with Crippen LogP contribution in [0.15, 0.2) is 18.2 Å². The first-order valence-corrected chi connectivity index (χ1v) is 8.58. The maximum absolute atomic E-state index is 12.1. The molecule has 2 rings (SSSR count). The minimum Gasteiger partial charge on any atom is -0.491 e. The topological polar surface area (TPSA) is 50.4 Å². The molecule has 2 N–H and O–H groups in total. The third-order valence-corrected chi connectivity index (χ3v) is 4.40. The Kier molecular flexibility index (Phi) is 5.94. The summed E-state index contributed by atoms with van der Waals surface area (Å²) in [6.45, 7) is 6.97. The van der Waals surface area contributed by atoms with E-state index in [4.69, 9.17) is 4.74 Å². The van der Waals surface area contributed by atoms with Gasteiger partial charge in [-0.25, -0.2) is 0 Å². The molecule has 0 aromatic heterocycles. The number of hydrogen-bond donors (Lipinski definition) is 2. The van der Waals surface area contributed by atoms with Gasteiger partial charge in [0.1, 0.15) is 5.75 Å². The molecule has 1 amide bonds. The molecule has 1 aromatic rings. The van der Waals surface area contributed by atoms with Crippen molar-refractivity contribution in [2.45, 2.75) is 39.3 Å². The van der Waals surface area contributed by atoms with Gasteiger partial charge in [-0.15, -0.1) is 0 Å². The minimum atomic E-state index is 0.0654. The Morgan fingerprint density at radius 3 is 2.95 bits per heavy atom. The van der Waals surface area contributed by atoms with Crippen LogP contribution in [0.5, 0.6) is 5.75 Å². The molecule has 0 saturated carbocycles. The number of nitrogens with one attached hydrogen (secondary N) is 2. The molecule has 0 bridgehead atoms. The van der Waals surface area contributed by atoms with Crippen LogP contribution in [-0.4, -0.2) is 36.1 Å². The predicted molar refractivity (Wildman–Crippen MR) is 89.3 cm³/mol. The van der Waals surface area contributed by atoms with Crippen molar-refractivity contribution in [3.05, 3.63) is 23.8 Å². The van der Waals surface area contributed by atoms with Gasteiger partial charge in [-0.05, 0) is 44.5 Å². The summed E-state index contributed by atoms with van der Waals surface area (Å²) in [4.78, 5) is 12.1. The van der Waals surface area contributed by atoms with Crippen molar-refractivity contribution in [3.63, 3.8) is 0 Å². The molecule has 1 atom stereocenters. The van der Waals surface area contributed by atoms with Crippen molar-refractivity contribution in [2.24, 2.45) is 0 Å². The fourth-order valence-corrected chi connectivity index (χ4v) is 3.25. The summed E-state index contributed by atoms with van der Waals surface area (Å²) in [5.74, 6) is 3.05. The van der Waals surface area contributed by atoms with Gasteiger partial charge in [0.15, 0.2) is 0 Å². The molecule has 1 saturated heterocycles. The standard InChI is InChI=1S/C16H24N2O2S/c1-11(2)20-14-4-5-15(12(3)8-14)18-16(19)9-13-10-21-7-6-17-13/h4-5,8,11,13,17H,6-7,9-10H2,1-3H3,(H,18,19). The van der Waals surface area contributed by atoms with Crippen LogP contribution in [0.4, 0.5) is 5.69 Å². The average Bonchev–Trinajstić information content (AvgIpc) is 2.42. The van der Waals surface area contributed by atoms with Crippen LogP contribution in [0.3, 0.4) is 0 Å². The first-order chi connectivity index (χ1) is 10.0. The number of carbonyl (C=O) groups is 1. The maximum Gasteiger partial charge on any atom is 0.225 e. The van der Waals surface area contributed by atoms with Crippen molar-refractivity contribution in [1.29, 1.82) is 0 Å². The second-order valence-corrected chi connectivity index (χ2v) is 6.77. The van der Waals surface area contributed by atoms with Crippen molar-refractivity contribution in [1.82, 2.24) is 5.32 Å². The van der Waals surface area contributed by atoms with Crippen LogP contribution in [-0.2, 0) is 4.79 Å². The SMILES string of the molecule is Cc1cc(OC(C)C)ccc1NC(=O)CC1CSCCN1. The molecule has 1 fully saturated rings. The Morgan fingerprint density at radius 2 is 2.33 bits per heavy atom. The number of benzene rings is 1. The number of hydrogen-bond acceptors (Lipinski definition) is 4. The lowest BCUT2D eigenvalue weighted by Crippen LogP contribution is -2.39. The second-order valence-electron chi connectivity index (χ2n) is 5.62. The van der Waals surface area contributed by atoms with Crippen LogP contribution in [0, 0.1) is 6.92 Å². The Hall–Kier alpha value is -1.20. The predicted octanol–water partition coefficient (Wildman–Crippen LogP) is 2.82. The zero-order valence-electron chi connectivity index (χ0n) is 12.9. The van der Waals surface area contributed by atoms with Gasteiger partial charge < -0.3 is 15.4 Å². The lowest BCUT2D eigenvalue weighted by molar-refractivity contribution is -0.116. The summed E-state index contributed by atoms with van der Waals surface area (Å²) in [5, 5.41) is 6.37. The Labute approximate surface area is 131 Å². The number of aryl methyl sites for hydroxylation is 1. The Balaban J connectivity index is 1.90. The summed E-state index contributed by atoms with van der Waals surface area (Å²) in [7, 11) is 0. The number of amides is 1. The van der Waals surface area contributed by atoms with Crippen molar-refractivity contribution in [3.8, 4) is 5.75 Å². The molecule has 1 heterocycles. The van der Waals surface area contributed by atoms with Gasteiger partial charge in [-0.1, -0.05) is 0 Å². The Morgan fingerprint density at radius 1 is 1.52 bits per heavy atom. The molecule has 1 aliphatic heterocycles. The smallest absolute Gasteiger partial charge is 0.225 e. The number of thioether (sulfide) groups is 1. The molecule has 1 aromatic carbocycles. The first-order valence-electron chi connectivity index (χ1n) is 7.43. The van der Waals surface area contributed by atoms with Crippen LogP contribution in [0.2, 0.25) is 0 Å². The van der Waals surface area contributed by atoms with Crippen molar-refractivity contribution in [2.75, 3.05) is 23.4 Å². The third-order valence-electron chi connectivity index (χ3n) is 3.27. The molecular weight excluding hydrogens is 284 g/mol. The average molecular weight is 308 g/mol. The molecule has 0 aliphatic carbocycles. The monoisotopic (exact) mass is 308 g/mol. The van der Waals surface area contributed by atoms with Gasteiger partial charge in [0, 0.05) is 36.2 Å². The summed E-state index contributed by atoms with van der Waals surface area (Å²) >= 11 is 1.90. The van der Waals surface area contributed by atoms with Crippen LogP contribution in [0.1, 0.15) is 25.8 Å². The van der Waals surface area contributed by atoms with E-state index < -0.39 is 0 Å². The third kappa shape index (κ3) is 5.25. The maximum atomic E-state index is 12.1. The Bertz CT molecular complexity index is 485. The van der Waals surface area contributed by atoms with E-state index in [1.165, 1.54) is 0 Å². The van der Waals surface area contributed by atoms with E-state index in [1.807, 2.05) is 50.7 Å². The van der Waals surface area contributed by atoms with E-state index in [0.29, 0.717) is 6.42 Å². The molecule has 1 unspecified atom stereocenters. The zero-order chi connectivity index (χ0) is 15.2. The molecule has 116 valence electrons. The number of ether oxygens (including phenoxy) is 1. The second kappa shape index (κ2) is 7.71. The highest BCUT2D eigenvalue weighted by Gasteiger charge is 2.17. The van der Waals surface area contributed by atoms with Crippen molar-refractivity contribution < 1.29 is 9.53 Å². The van der Waals surface area contributed by atoms with E-state index in [2.05, 4.69) is 10.6 Å². The van der Waals surface area contributed by atoms with E-state index in [0.717, 1.165) is 35.1 Å². The van der Waals surface area contributed by atoms with Gasteiger partial charge in [-0.3, -0.25) is 4.79 Å². The number of anilines is 1. The van der Waals surface area contributed by atoms with E-state index in [9.17, 15) is 4.79 Å².